The van der Waals surface area contributed by atoms with Crippen LogP contribution in [0, 0.1) is 0 Å². The summed E-state index contributed by atoms with van der Waals surface area (Å²) >= 11 is 0. The molecule has 4 nitrogen and oxygen atoms in total. The molecule has 0 aromatic heterocycles. The summed E-state index contributed by atoms with van der Waals surface area (Å²) in [7, 11) is 3.23. The highest BCUT2D eigenvalue weighted by Crippen LogP contribution is 2.23. The van der Waals surface area contributed by atoms with Crippen LogP contribution in [0.2, 0.25) is 0 Å². The Bertz CT molecular complexity index is 552. The third-order valence-electron chi connectivity index (χ3n) is 3.10. The van der Waals surface area contributed by atoms with Crippen molar-refractivity contribution in [3.05, 3.63) is 53.6 Å². The fourth-order valence-electron chi connectivity index (χ4n) is 1.91. The van der Waals surface area contributed by atoms with Gasteiger partial charge in [0.05, 0.1) is 14.2 Å². The predicted octanol–water partition coefficient (Wildman–Crippen LogP) is 2.70. The lowest BCUT2D eigenvalue weighted by molar-refractivity contribution is 0.406. The summed E-state index contributed by atoms with van der Waals surface area (Å²) in [5.74, 6) is 1.74. The molecule has 0 atom stereocenters. The molecule has 0 aliphatic rings. The van der Waals surface area contributed by atoms with E-state index in [1.165, 1.54) is 5.56 Å². The minimum Gasteiger partial charge on any atom is -0.507 e. The zero-order valence-electron chi connectivity index (χ0n) is 11.7. The molecular weight excluding hydrogens is 254 g/mol. The number of aromatic hydroxyl groups is 1. The maximum Gasteiger partial charge on any atom is 0.123 e. The minimum absolute atomic E-state index is 0.242. The lowest BCUT2D eigenvalue weighted by Gasteiger charge is -2.09. The third kappa shape index (κ3) is 3.65. The van der Waals surface area contributed by atoms with Crippen molar-refractivity contribution in [2.24, 2.45) is 0 Å². The van der Waals surface area contributed by atoms with Gasteiger partial charge in [-0.05, 0) is 23.8 Å². The van der Waals surface area contributed by atoms with Crippen LogP contribution in [-0.2, 0) is 13.1 Å². The van der Waals surface area contributed by atoms with Gasteiger partial charge in [0.25, 0.3) is 0 Å². The number of hydrogen-bond donors (Lipinski definition) is 2. The third-order valence-corrected chi connectivity index (χ3v) is 3.10. The van der Waals surface area contributed by atoms with Crippen LogP contribution in [-0.4, -0.2) is 19.3 Å². The van der Waals surface area contributed by atoms with Gasteiger partial charge in [0.15, 0.2) is 0 Å². The fourth-order valence-corrected chi connectivity index (χ4v) is 1.91. The lowest BCUT2D eigenvalue weighted by atomic mass is 10.1. The molecule has 2 rings (SSSR count). The molecule has 0 fully saturated rings. The van der Waals surface area contributed by atoms with Crippen molar-refractivity contribution in [1.29, 1.82) is 0 Å². The molecule has 0 aliphatic carbocycles. The largest absolute Gasteiger partial charge is 0.507 e. The molecule has 0 saturated heterocycles. The van der Waals surface area contributed by atoms with Crippen LogP contribution in [0.25, 0.3) is 0 Å². The van der Waals surface area contributed by atoms with Gasteiger partial charge in [-0.3, -0.25) is 0 Å². The summed E-state index contributed by atoms with van der Waals surface area (Å²) in [5.41, 5.74) is 2.01. The topological polar surface area (TPSA) is 50.7 Å². The van der Waals surface area contributed by atoms with Crippen molar-refractivity contribution in [3.63, 3.8) is 0 Å². The maximum atomic E-state index is 9.85. The van der Waals surface area contributed by atoms with Crippen LogP contribution >= 0.6 is 0 Å². The zero-order chi connectivity index (χ0) is 14.4. The Morgan fingerprint density at radius 3 is 2.15 bits per heavy atom. The van der Waals surface area contributed by atoms with E-state index in [9.17, 15) is 5.11 Å². The van der Waals surface area contributed by atoms with Gasteiger partial charge in [0, 0.05) is 24.7 Å². The lowest BCUT2D eigenvalue weighted by Crippen LogP contribution is -2.12. The average Bonchev–Trinajstić information content (AvgIpc) is 2.49. The molecule has 20 heavy (non-hydrogen) atoms. The first kappa shape index (κ1) is 14.2. The second-order valence-corrected chi connectivity index (χ2v) is 4.45. The molecule has 2 aromatic rings. The first-order valence-corrected chi connectivity index (χ1v) is 6.42. The minimum atomic E-state index is 0.242. The second kappa shape index (κ2) is 6.82. The SMILES string of the molecule is COc1ccc(CNCc2ccc(OC)cc2O)cc1. The summed E-state index contributed by atoms with van der Waals surface area (Å²) in [6.07, 6.45) is 0. The Kier molecular flexibility index (Phi) is 4.85. The zero-order valence-corrected chi connectivity index (χ0v) is 11.7. The number of phenols is 1. The van der Waals surface area contributed by atoms with Gasteiger partial charge in [-0.15, -0.1) is 0 Å². The number of ether oxygens (including phenoxy) is 2. The quantitative estimate of drug-likeness (QED) is 0.849. The van der Waals surface area contributed by atoms with E-state index in [0.29, 0.717) is 12.3 Å². The van der Waals surface area contributed by atoms with E-state index in [0.717, 1.165) is 17.9 Å². The summed E-state index contributed by atoms with van der Waals surface area (Å²) in [5, 5.41) is 13.1. The van der Waals surface area contributed by atoms with Crippen LogP contribution in [0.3, 0.4) is 0 Å². The summed E-state index contributed by atoms with van der Waals surface area (Å²) in [4.78, 5) is 0. The van der Waals surface area contributed by atoms with Crippen LogP contribution in [0.15, 0.2) is 42.5 Å². The molecule has 0 heterocycles. The number of rotatable bonds is 6. The number of benzene rings is 2. The van der Waals surface area contributed by atoms with Crippen molar-refractivity contribution in [3.8, 4) is 17.2 Å². The first-order chi connectivity index (χ1) is 9.72. The highest BCUT2D eigenvalue weighted by atomic mass is 16.5. The number of nitrogens with one attached hydrogen (secondary N) is 1. The highest BCUT2D eigenvalue weighted by molar-refractivity contribution is 5.39. The molecule has 2 aromatic carbocycles. The van der Waals surface area contributed by atoms with Gasteiger partial charge in [0.1, 0.15) is 17.2 Å². The van der Waals surface area contributed by atoms with Crippen LogP contribution in [0.4, 0.5) is 0 Å². The van der Waals surface area contributed by atoms with E-state index >= 15 is 0 Å². The first-order valence-electron chi connectivity index (χ1n) is 6.42. The fraction of sp³-hybridized carbons (Fsp3) is 0.250. The van der Waals surface area contributed by atoms with Gasteiger partial charge in [0.2, 0.25) is 0 Å². The molecule has 106 valence electrons. The van der Waals surface area contributed by atoms with Gasteiger partial charge in [-0.25, -0.2) is 0 Å². The van der Waals surface area contributed by atoms with E-state index < -0.39 is 0 Å². The Balaban J connectivity index is 1.88. The molecule has 0 unspecified atom stereocenters. The molecular formula is C16H19NO3. The molecule has 0 amide bonds. The Morgan fingerprint density at radius 1 is 0.900 bits per heavy atom. The Hall–Kier alpha value is -2.20. The summed E-state index contributed by atoms with van der Waals surface area (Å²) in [6, 6.07) is 13.2. The van der Waals surface area contributed by atoms with Crippen molar-refractivity contribution < 1.29 is 14.6 Å². The number of methoxy groups -OCH3 is 2. The van der Waals surface area contributed by atoms with Crippen molar-refractivity contribution in [1.82, 2.24) is 5.32 Å². The summed E-state index contributed by atoms with van der Waals surface area (Å²) in [6.45, 7) is 1.33. The van der Waals surface area contributed by atoms with Gasteiger partial charge in [-0.2, -0.15) is 0 Å². The molecule has 2 N–H and O–H groups in total. The number of phenolic OH excluding ortho intramolecular Hbond substituents is 1. The van der Waals surface area contributed by atoms with Crippen LogP contribution < -0.4 is 14.8 Å². The molecule has 0 spiro atoms. The monoisotopic (exact) mass is 273 g/mol. The smallest absolute Gasteiger partial charge is 0.123 e. The van der Waals surface area contributed by atoms with Crippen LogP contribution in [0.5, 0.6) is 17.2 Å². The van der Waals surface area contributed by atoms with Crippen LogP contribution in [0.1, 0.15) is 11.1 Å². The maximum absolute atomic E-state index is 9.85. The van der Waals surface area contributed by atoms with Gasteiger partial charge >= 0.3 is 0 Å². The normalized spacial score (nSPS) is 10.3. The standard InChI is InChI=1S/C16H19NO3/c1-19-14-6-3-12(4-7-14)10-17-11-13-5-8-15(20-2)9-16(13)18/h3-9,17-18H,10-11H2,1-2H3. The van der Waals surface area contributed by atoms with Gasteiger partial charge < -0.3 is 19.9 Å². The highest BCUT2D eigenvalue weighted by Gasteiger charge is 2.03. The van der Waals surface area contributed by atoms with E-state index in [4.69, 9.17) is 9.47 Å². The second-order valence-electron chi connectivity index (χ2n) is 4.45. The molecule has 0 saturated carbocycles. The molecule has 4 heteroatoms. The van der Waals surface area contributed by atoms with Crippen molar-refractivity contribution in [2.45, 2.75) is 13.1 Å². The number of hydrogen-bond acceptors (Lipinski definition) is 4. The predicted molar refractivity (Wildman–Crippen MR) is 78.2 cm³/mol. The van der Waals surface area contributed by atoms with E-state index in [1.54, 1.807) is 20.3 Å². The van der Waals surface area contributed by atoms with Gasteiger partial charge in [-0.1, -0.05) is 18.2 Å². The van der Waals surface area contributed by atoms with E-state index in [2.05, 4.69) is 5.32 Å². The van der Waals surface area contributed by atoms with Crippen molar-refractivity contribution >= 4 is 0 Å². The molecule has 0 aliphatic heterocycles. The van der Waals surface area contributed by atoms with Crippen molar-refractivity contribution in [2.75, 3.05) is 14.2 Å². The van der Waals surface area contributed by atoms with E-state index in [1.807, 2.05) is 36.4 Å². The average molecular weight is 273 g/mol. The Morgan fingerprint density at radius 2 is 1.55 bits per heavy atom. The van der Waals surface area contributed by atoms with E-state index in [-0.39, 0.29) is 5.75 Å². The molecule has 0 radical (unpaired) electrons. The summed E-state index contributed by atoms with van der Waals surface area (Å²) < 4.78 is 10.2. The molecule has 0 bridgehead atoms. The Labute approximate surface area is 119 Å².